The largest absolute Gasteiger partial charge is 0.396 e. The second-order valence-corrected chi connectivity index (χ2v) is 2.50. The molecule has 0 aliphatic heterocycles. The van der Waals surface area contributed by atoms with Crippen LogP contribution < -0.4 is 0 Å². The van der Waals surface area contributed by atoms with E-state index in [0.717, 1.165) is 13.0 Å². The van der Waals surface area contributed by atoms with Gasteiger partial charge in [-0.25, -0.2) is 0 Å². The standard InChI is InChI=1S/C7H14O2/c8-5-2-6-9-7-3-1-4-7/h7-8H,1-6H2. The van der Waals surface area contributed by atoms with Gasteiger partial charge in [0.1, 0.15) is 0 Å². The first-order valence-corrected chi connectivity index (χ1v) is 3.66. The summed E-state index contributed by atoms with van der Waals surface area (Å²) in [5.41, 5.74) is 0. The van der Waals surface area contributed by atoms with E-state index in [1.807, 2.05) is 0 Å². The molecule has 0 saturated heterocycles. The van der Waals surface area contributed by atoms with E-state index in [2.05, 4.69) is 0 Å². The van der Waals surface area contributed by atoms with Crippen molar-refractivity contribution in [2.45, 2.75) is 31.8 Å². The van der Waals surface area contributed by atoms with E-state index in [-0.39, 0.29) is 6.61 Å². The van der Waals surface area contributed by atoms with Crippen molar-refractivity contribution in [1.82, 2.24) is 0 Å². The van der Waals surface area contributed by atoms with E-state index in [1.165, 1.54) is 19.3 Å². The molecule has 0 amide bonds. The minimum Gasteiger partial charge on any atom is -0.396 e. The van der Waals surface area contributed by atoms with Gasteiger partial charge < -0.3 is 9.84 Å². The summed E-state index contributed by atoms with van der Waals surface area (Å²) in [6.45, 7) is 0.994. The fourth-order valence-corrected chi connectivity index (χ4v) is 0.852. The summed E-state index contributed by atoms with van der Waals surface area (Å²) < 4.78 is 5.36. The topological polar surface area (TPSA) is 29.5 Å². The predicted octanol–water partition coefficient (Wildman–Crippen LogP) is 0.938. The van der Waals surface area contributed by atoms with Crippen molar-refractivity contribution in [2.24, 2.45) is 0 Å². The van der Waals surface area contributed by atoms with Crippen molar-refractivity contribution >= 4 is 0 Å². The lowest BCUT2D eigenvalue weighted by atomic mass is 9.96. The Morgan fingerprint density at radius 1 is 1.44 bits per heavy atom. The zero-order valence-electron chi connectivity index (χ0n) is 5.68. The Labute approximate surface area is 55.8 Å². The van der Waals surface area contributed by atoms with Crippen molar-refractivity contribution in [2.75, 3.05) is 13.2 Å². The summed E-state index contributed by atoms with van der Waals surface area (Å²) >= 11 is 0. The summed E-state index contributed by atoms with van der Waals surface area (Å²) in [4.78, 5) is 0. The number of hydrogen-bond donors (Lipinski definition) is 1. The minimum absolute atomic E-state index is 0.257. The maximum Gasteiger partial charge on any atom is 0.0575 e. The molecule has 1 saturated carbocycles. The van der Waals surface area contributed by atoms with Gasteiger partial charge in [0.25, 0.3) is 0 Å². The normalized spacial score (nSPS) is 19.7. The Kier molecular flexibility index (Phi) is 3.01. The summed E-state index contributed by atoms with van der Waals surface area (Å²) in [6, 6.07) is 0. The summed E-state index contributed by atoms with van der Waals surface area (Å²) in [5, 5.41) is 8.39. The molecular weight excluding hydrogens is 116 g/mol. The maximum atomic E-state index is 8.39. The van der Waals surface area contributed by atoms with Crippen LogP contribution in [0.15, 0.2) is 0 Å². The molecule has 1 aliphatic rings. The number of rotatable bonds is 4. The Morgan fingerprint density at radius 3 is 2.67 bits per heavy atom. The summed E-state index contributed by atoms with van der Waals surface area (Å²) in [7, 11) is 0. The van der Waals surface area contributed by atoms with Crippen LogP contribution >= 0.6 is 0 Å². The quantitative estimate of drug-likeness (QED) is 0.574. The zero-order valence-corrected chi connectivity index (χ0v) is 5.68. The Bertz CT molecular complexity index is 69.3. The third-order valence-corrected chi connectivity index (χ3v) is 1.71. The molecule has 0 heterocycles. The highest BCUT2D eigenvalue weighted by atomic mass is 16.5. The fraction of sp³-hybridized carbons (Fsp3) is 1.00. The highest BCUT2D eigenvalue weighted by Crippen LogP contribution is 2.21. The van der Waals surface area contributed by atoms with E-state index < -0.39 is 0 Å². The second-order valence-electron chi connectivity index (χ2n) is 2.50. The lowest BCUT2D eigenvalue weighted by Crippen LogP contribution is -2.22. The minimum atomic E-state index is 0.257. The van der Waals surface area contributed by atoms with Crippen LogP contribution in [0, 0.1) is 0 Å². The molecule has 9 heavy (non-hydrogen) atoms. The van der Waals surface area contributed by atoms with Gasteiger partial charge in [0.05, 0.1) is 6.10 Å². The molecule has 0 aromatic rings. The number of aliphatic hydroxyl groups excluding tert-OH is 1. The van der Waals surface area contributed by atoms with Crippen LogP contribution in [0.3, 0.4) is 0 Å². The van der Waals surface area contributed by atoms with Crippen molar-refractivity contribution < 1.29 is 9.84 Å². The van der Waals surface area contributed by atoms with E-state index in [1.54, 1.807) is 0 Å². The van der Waals surface area contributed by atoms with Crippen LogP contribution in [0.4, 0.5) is 0 Å². The molecular formula is C7H14O2. The number of hydrogen-bond acceptors (Lipinski definition) is 2. The lowest BCUT2D eigenvalue weighted by Gasteiger charge is -2.25. The predicted molar refractivity (Wildman–Crippen MR) is 35.3 cm³/mol. The van der Waals surface area contributed by atoms with Gasteiger partial charge in [-0.1, -0.05) is 0 Å². The van der Waals surface area contributed by atoms with Gasteiger partial charge in [0.15, 0.2) is 0 Å². The van der Waals surface area contributed by atoms with E-state index in [0.29, 0.717) is 6.10 Å². The average molecular weight is 130 g/mol. The zero-order chi connectivity index (χ0) is 6.53. The lowest BCUT2D eigenvalue weighted by molar-refractivity contribution is -0.00318. The molecule has 0 bridgehead atoms. The second kappa shape index (κ2) is 3.85. The number of ether oxygens (including phenoxy) is 1. The molecule has 0 atom stereocenters. The van der Waals surface area contributed by atoms with Crippen LogP contribution in [0.25, 0.3) is 0 Å². The molecule has 0 aromatic heterocycles. The first-order chi connectivity index (χ1) is 4.43. The molecule has 1 aliphatic carbocycles. The SMILES string of the molecule is OCCCOC1CCC1. The van der Waals surface area contributed by atoms with Crippen molar-refractivity contribution in [1.29, 1.82) is 0 Å². The van der Waals surface area contributed by atoms with Crippen LogP contribution in [0.5, 0.6) is 0 Å². The van der Waals surface area contributed by atoms with E-state index >= 15 is 0 Å². The van der Waals surface area contributed by atoms with Crippen molar-refractivity contribution in [3.05, 3.63) is 0 Å². The first-order valence-electron chi connectivity index (χ1n) is 3.66. The smallest absolute Gasteiger partial charge is 0.0575 e. The van der Waals surface area contributed by atoms with E-state index in [9.17, 15) is 0 Å². The molecule has 0 unspecified atom stereocenters. The Hall–Kier alpha value is -0.0800. The van der Waals surface area contributed by atoms with Crippen molar-refractivity contribution in [3.8, 4) is 0 Å². The molecule has 1 rings (SSSR count). The summed E-state index contributed by atoms with van der Waals surface area (Å²) in [5.74, 6) is 0. The number of aliphatic hydroxyl groups is 1. The third kappa shape index (κ3) is 2.33. The molecule has 2 nitrogen and oxygen atoms in total. The molecule has 0 radical (unpaired) electrons. The van der Waals surface area contributed by atoms with Gasteiger partial charge in [-0.3, -0.25) is 0 Å². The molecule has 0 spiro atoms. The molecule has 2 heteroatoms. The van der Waals surface area contributed by atoms with Crippen LogP contribution in [0.1, 0.15) is 25.7 Å². The summed E-state index contributed by atoms with van der Waals surface area (Å²) in [6.07, 6.45) is 5.09. The van der Waals surface area contributed by atoms with Gasteiger partial charge in [-0.15, -0.1) is 0 Å². The highest BCUT2D eigenvalue weighted by molar-refractivity contribution is 4.68. The molecule has 1 fully saturated rings. The first kappa shape index (κ1) is 7.03. The van der Waals surface area contributed by atoms with E-state index in [4.69, 9.17) is 9.84 Å². The van der Waals surface area contributed by atoms with Gasteiger partial charge >= 0.3 is 0 Å². The van der Waals surface area contributed by atoms with Crippen LogP contribution in [-0.4, -0.2) is 24.4 Å². The molecule has 1 N–H and O–H groups in total. The van der Waals surface area contributed by atoms with Gasteiger partial charge in [0, 0.05) is 13.2 Å². The Balaban J connectivity index is 1.80. The maximum absolute atomic E-state index is 8.39. The van der Waals surface area contributed by atoms with Gasteiger partial charge in [-0.2, -0.15) is 0 Å². The molecule has 54 valence electrons. The van der Waals surface area contributed by atoms with Crippen molar-refractivity contribution in [3.63, 3.8) is 0 Å². The molecule has 0 aromatic carbocycles. The van der Waals surface area contributed by atoms with Gasteiger partial charge in [0.2, 0.25) is 0 Å². The average Bonchev–Trinajstić information content (AvgIpc) is 1.76. The third-order valence-electron chi connectivity index (χ3n) is 1.71. The van der Waals surface area contributed by atoms with Gasteiger partial charge in [-0.05, 0) is 25.7 Å². The fourth-order valence-electron chi connectivity index (χ4n) is 0.852. The van der Waals surface area contributed by atoms with Crippen LogP contribution in [0.2, 0.25) is 0 Å². The van der Waals surface area contributed by atoms with Crippen LogP contribution in [-0.2, 0) is 4.74 Å². The monoisotopic (exact) mass is 130 g/mol. The Morgan fingerprint density at radius 2 is 2.22 bits per heavy atom. The highest BCUT2D eigenvalue weighted by Gasteiger charge is 2.16.